The van der Waals surface area contributed by atoms with Gasteiger partial charge in [-0.2, -0.15) is 5.26 Å². The van der Waals surface area contributed by atoms with E-state index in [1.165, 1.54) is 0 Å². The molecule has 3 rings (SSSR count). The van der Waals surface area contributed by atoms with Gasteiger partial charge in [-0.1, -0.05) is 23.4 Å². The first kappa shape index (κ1) is 16.2. The van der Waals surface area contributed by atoms with Crippen LogP contribution in [0.2, 0.25) is 0 Å². The monoisotopic (exact) mass is 336 g/mol. The SMILES string of the molecule is Cc1ccc2c(c1)c(Sc1ccc(C#N)cc1)cn2C(C)C(=O)O. The van der Waals surface area contributed by atoms with Crippen LogP contribution in [-0.4, -0.2) is 15.6 Å². The maximum absolute atomic E-state index is 11.4. The van der Waals surface area contributed by atoms with Crippen molar-refractivity contribution in [2.24, 2.45) is 0 Å². The van der Waals surface area contributed by atoms with Gasteiger partial charge in [-0.25, -0.2) is 4.79 Å². The van der Waals surface area contributed by atoms with Gasteiger partial charge in [-0.05, 0) is 50.2 Å². The Bertz CT molecular complexity index is 952. The summed E-state index contributed by atoms with van der Waals surface area (Å²) in [5.74, 6) is -0.859. The molecule has 5 heteroatoms. The van der Waals surface area contributed by atoms with Gasteiger partial charge in [0, 0.05) is 26.9 Å². The number of carbonyl (C=O) groups is 1. The molecule has 0 bridgehead atoms. The van der Waals surface area contributed by atoms with E-state index in [-0.39, 0.29) is 0 Å². The number of aliphatic carboxylic acids is 1. The normalized spacial score (nSPS) is 12.0. The highest BCUT2D eigenvalue weighted by Crippen LogP contribution is 2.36. The van der Waals surface area contributed by atoms with Crippen molar-refractivity contribution in [2.45, 2.75) is 29.7 Å². The van der Waals surface area contributed by atoms with E-state index >= 15 is 0 Å². The van der Waals surface area contributed by atoms with E-state index in [4.69, 9.17) is 5.26 Å². The third-order valence-electron chi connectivity index (χ3n) is 3.94. The molecule has 1 atom stereocenters. The van der Waals surface area contributed by atoms with Crippen molar-refractivity contribution in [1.29, 1.82) is 5.26 Å². The Kier molecular flexibility index (Phi) is 4.32. The van der Waals surface area contributed by atoms with Crippen LogP contribution in [0.4, 0.5) is 0 Å². The Labute approximate surface area is 144 Å². The van der Waals surface area contributed by atoms with Gasteiger partial charge in [0.1, 0.15) is 6.04 Å². The summed E-state index contributed by atoms with van der Waals surface area (Å²) in [5.41, 5.74) is 2.66. The lowest BCUT2D eigenvalue weighted by molar-refractivity contribution is -0.140. The predicted molar refractivity (Wildman–Crippen MR) is 94.3 cm³/mol. The van der Waals surface area contributed by atoms with Crippen LogP contribution in [0.3, 0.4) is 0 Å². The number of hydrogen-bond donors (Lipinski definition) is 1. The number of rotatable bonds is 4. The summed E-state index contributed by atoms with van der Waals surface area (Å²) in [5, 5.41) is 19.3. The molecular formula is C19H16N2O2S. The average Bonchev–Trinajstić information content (AvgIpc) is 2.92. The van der Waals surface area contributed by atoms with Gasteiger partial charge in [0.2, 0.25) is 0 Å². The molecule has 1 aromatic heterocycles. The molecule has 24 heavy (non-hydrogen) atoms. The van der Waals surface area contributed by atoms with E-state index in [2.05, 4.69) is 12.1 Å². The van der Waals surface area contributed by atoms with Crippen LogP contribution in [0, 0.1) is 18.3 Å². The Hall–Kier alpha value is -2.71. The van der Waals surface area contributed by atoms with Crippen molar-refractivity contribution in [3.05, 3.63) is 59.8 Å². The molecule has 0 saturated heterocycles. The number of aryl methyl sites for hydroxylation is 1. The van der Waals surface area contributed by atoms with E-state index in [0.29, 0.717) is 5.56 Å². The zero-order chi connectivity index (χ0) is 17.3. The summed E-state index contributed by atoms with van der Waals surface area (Å²) < 4.78 is 1.79. The molecule has 0 aliphatic carbocycles. The largest absolute Gasteiger partial charge is 0.480 e. The molecule has 1 heterocycles. The third kappa shape index (κ3) is 3.01. The third-order valence-corrected chi connectivity index (χ3v) is 4.99. The van der Waals surface area contributed by atoms with Gasteiger partial charge in [0.15, 0.2) is 0 Å². The predicted octanol–water partition coefficient (Wildman–Crippen LogP) is 4.62. The number of nitrogens with zero attached hydrogens (tertiary/aromatic N) is 2. The van der Waals surface area contributed by atoms with Crippen LogP contribution in [-0.2, 0) is 4.79 Å². The molecule has 2 aromatic carbocycles. The smallest absolute Gasteiger partial charge is 0.326 e. The van der Waals surface area contributed by atoms with Crippen molar-refractivity contribution < 1.29 is 9.90 Å². The molecule has 1 N–H and O–H groups in total. The summed E-state index contributed by atoms with van der Waals surface area (Å²) in [4.78, 5) is 13.4. The molecule has 0 spiro atoms. The first-order valence-electron chi connectivity index (χ1n) is 7.51. The van der Waals surface area contributed by atoms with Crippen molar-refractivity contribution in [3.8, 4) is 6.07 Å². The van der Waals surface area contributed by atoms with E-state index in [1.54, 1.807) is 35.4 Å². The van der Waals surface area contributed by atoms with Crippen LogP contribution in [0.1, 0.15) is 24.1 Å². The zero-order valence-electron chi connectivity index (χ0n) is 13.4. The summed E-state index contributed by atoms with van der Waals surface area (Å²) in [6.07, 6.45) is 1.89. The first-order valence-corrected chi connectivity index (χ1v) is 8.33. The van der Waals surface area contributed by atoms with Crippen molar-refractivity contribution >= 4 is 28.6 Å². The van der Waals surface area contributed by atoms with Gasteiger partial charge in [0.05, 0.1) is 11.6 Å². The van der Waals surface area contributed by atoms with Crippen molar-refractivity contribution in [3.63, 3.8) is 0 Å². The van der Waals surface area contributed by atoms with Crippen LogP contribution < -0.4 is 0 Å². The summed E-state index contributed by atoms with van der Waals surface area (Å²) in [6, 6.07) is 14.9. The summed E-state index contributed by atoms with van der Waals surface area (Å²) in [6.45, 7) is 3.70. The summed E-state index contributed by atoms with van der Waals surface area (Å²) in [7, 11) is 0. The van der Waals surface area contributed by atoms with E-state index in [0.717, 1.165) is 26.3 Å². The number of carboxylic acid groups (broad SMARTS) is 1. The summed E-state index contributed by atoms with van der Waals surface area (Å²) >= 11 is 1.57. The molecule has 1 unspecified atom stereocenters. The fourth-order valence-corrected chi connectivity index (χ4v) is 3.55. The van der Waals surface area contributed by atoms with Gasteiger partial charge in [0.25, 0.3) is 0 Å². The Morgan fingerprint density at radius 2 is 1.96 bits per heavy atom. The molecule has 3 aromatic rings. The number of benzene rings is 2. The molecular weight excluding hydrogens is 320 g/mol. The Balaban J connectivity index is 2.07. The van der Waals surface area contributed by atoms with E-state index < -0.39 is 12.0 Å². The second-order valence-electron chi connectivity index (χ2n) is 5.67. The zero-order valence-corrected chi connectivity index (χ0v) is 14.2. The highest BCUT2D eigenvalue weighted by molar-refractivity contribution is 7.99. The number of nitriles is 1. The topological polar surface area (TPSA) is 66.0 Å². The van der Waals surface area contributed by atoms with Crippen LogP contribution in [0.25, 0.3) is 10.9 Å². The molecule has 0 amide bonds. The molecule has 4 nitrogen and oxygen atoms in total. The average molecular weight is 336 g/mol. The lowest BCUT2D eigenvalue weighted by atomic mass is 10.2. The highest BCUT2D eigenvalue weighted by atomic mass is 32.2. The van der Waals surface area contributed by atoms with Crippen LogP contribution in [0.5, 0.6) is 0 Å². The fourth-order valence-electron chi connectivity index (χ4n) is 2.58. The quantitative estimate of drug-likeness (QED) is 0.755. The van der Waals surface area contributed by atoms with E-state index in [9.17, 15) is 9.90 Å². The molecule has 0 aliphatic heterocycles. The van der Waals surface area contributed by atoms with Gasteiger partial charge in [-0.15, -0.1) is 0 Å². The van der Waals surface area contributed by atoms with Crippen molar-refractivity contribution in [1.82, 2.24) is 4.57 Å². The van der Waals surface area contributed by atoms with Crippen molar-refractivity contribution in [2.75, 3.05) is 0 Å². The number of hydrogen-bond acceptors (Lipinski definition) is 3. The molecule has 120 valence electrons. The van der Waals surface area contributed by atoms with Crippen LogP contribution in [0.15, 0.2) is 58.5 Å². The number of aromatic nitrogens is 1. The molecule has 0 aliphatic rings. The Morgan fingerprint density at radius 1 is 1.25 bits per heavy atom. The molecule has 0 radical (unpaired) electrons. The van der Waals surface area contributed by atoms with E-state index in [1.807, 2.05) is 37.4 Å². The fraction of sp³-hybridized carbons (Fsp3) is 0.158. The number of carboxylic acids is 1. The number of fused-ring (bicyclic) bond motifs is 1. The second-order valence-corrected chi connectivity index (χ2v) is 6.79. The highest BCUT2D eigenvalue weighted by Gasteiger charge is 2.18. The minimum absolute atomic E-state index is 0.622. The lowest BCUT2D eigenvalue weighted by Gasteiger charge is -2.09. The Morgan fingerprint density at radius 3 is 2.58 bits per heavy atom. The van der Waals surface area contributed by atoms with Gasteiger partial charge < -0.3 is 9.67 Å². The first-order chi connectivity index (χ1) is 11.5. The molecule has 0 saturated carbocycles. The standard InChI is InChI=1S/C19H16N2O2S/c1-12-3-8-17-16(9-12)18(11-21(17)13(2)19(22)23)24-15-6-4-14(10-20)5-7-15/h3-9,11,13H,1-2H3,(H,22,23). The maximum atomic E-state index is 11.4. The second kappa shape index (κ2) is 6.42. The van der Waals surface area contributed by atoms with Gasteiger partial charge in [-0.3, -0.25) is 0 Å². The lowest BCUT2D eigenvalue weighted by Crippen LogP contribution is -2.14. The van der Waals surface area contributed by atoms with Crippen LogP contribution >= 0.6 is 11.8 Å². The minimum atomic E-state index is -0.859. The maximum Gasteiger partial charge on any atom is 0.326 e. The molecule has 0 fully saturated rings. The van der Waals surface area contributed by atoms with Gasteiger partial charge >= 0.3 is 5.97 Å². The minimum Gasteiger partial charge on any atom is -0.480 e.